The fraction of sp³-hybridized carbons (Fsp3) is 0.176. The van der Waals surface area contributed by atoms with Gasteiger partial charge < -0.3 is 9.47 Å². The van der Waals surface area contributed by atoms with E-state index in [1.54, 1.807) is 37.3 Å². The fourth-order valence-corrected chi connectivity index (χ4v) is 2.25. The van der Waals surface area contributed by atoms with Crippen molar-refractivity contribution >= 4 is 17.3 Å². The Kier molecular flexibility index (Phi) is 4.60. The van der Waals surface area contributed by atoms with E-state index in [1.165, 1.54) is 12.1 Å². The van der Waals surface area contributed by atoms with Crippen LogP contribution in [0.4, 0.5) is 5.69 Å². The summed E-state index contributed by atoms with van der Waals surface area (Å²) in [7, 11) is 0. The number of non-ortho nitro benzene ring substituents is 1. The lowest BCUT2D eigenvalue weighted by Crippen LogP contribution is -2.42. The van der Waals surface area contributed by atoms with E-state index in [1.807, 2.05) is 6.07 Å². The molecular weight excluding hydrogens is 326 g/mol. The molecule has 1 amide bonds. The van der Waals surface area contributed by atoms with E-state index in [4.69, 9.17) is 9.47 Å². The van der Waals surface area contributed by atoms with Crippen molar-refractivity contribution in [3.05, 3.63) is 64.2 Å². The summed E-state index contributed by atoms with van der Waals surface area (Å²) in [6, 6.07) is 13.0. The molecule has 0 aliphatic carbocycles. The first-order valence-electron chi connectivity index (χ1n) is 7.52. The second kappa shape index (κ2) is 7.00. The molecule has 0 saturated heterocycles. The molecule has 1 atom stereocenters. The normalized spacial score (nSPS) is 16.2. The number of hydrazone groups is 1. The molecule has 0 spiro atoms. The number of nitrogens with one attached hydrogen (secondary N) is 1. The molecule has 3 rings (SSSR count). The standard InChI is InChI=1S/C17H15N3O5/c1-11(12-6-8-13(9-7-12)20(22)23)18-19-17(21)16-10-24-14-4-2-3-5-15(14)25-16/h2-9,16H,10H2,1H3,(H,19,21)/b18-11+/t16-/m1/s1. The number of fused-ring (bicyclic) bond motifs is 1. The van der Waals surface area contributed by atoms with Crippen LogP contribution in [0.2, 0.25) is 0 Å². The molecule has 2 aromatic carbocycles. The lowest BCUT2D eigenvalue weighted by atomic mass is 10.1. The molecule has 8 heteroatoms. The molecule has 2 aromatic rings. The van der Waals surface area contributed by atoms with Crippen molar-refractivity contribution < 1.29 is 19.2 Å². The maximum atomic E-state index is 12.2. The minimum atomic E-state index is -0.802. The number of nitro benzene ring substituents is 1. The maximum Gasteiger partial charge on any atom is 0.284 e. The van der Waals surface area contributed by atoms with Gasteiger partial charge in [0.2, 0.25) is 6.10 Å². The number of hydrogen-bond donors (Lipinski definition) is 1. The molecule has 1 N–H and O–H groups in total. The number of nitro groups is 1. The summed E-state index contributed by atoms with van der Waals surface area (Å²) < 4.78 is 11.1. The number of nitrogens with zero attached hydrogens (tertiary/aromatic N) is 2. The largest absolute Gasteiger partial charge is 0.485 e. The Morgan fingerprint density at radius 3 is 2.56 bits per heavy atom. The number of benzene rings is 2. The number of ether oxygens (including phenoxy) is 2. The molecule has 25 heavy (non-hydrogen) atoms. The van der Waals surface area contributed by atoms with E-state index in [-0.39, 0.29) is 12.3 Å². The second-order valence-electron chi connectivity index (χ2n) is 5.34. The van der Waals surface area contributed by atoms with Crippen LogP contribution in [-0.4, -0.2) is 29.3 Å². The summed E-state index contributed by atoms with van der Waals surface area (Å²) in [6.45, 7) is 1.78. The Hall–Kier alpha value is -3.42. The van der Waals surface area contributed by atoms with Crippen molar-refractivity contribution in [3.8, 4) is 11.5 Å². The van der Waals surface area contributed by atoms with Crippen LogP contribution in [-0.2, 0) is 4.79 Å². The fourth-order valence-electron chi connectivity index (χ4n) is 2.25. The van der Waals surface area contributed by atoms with Gasteiger partial charge in [-0.05, 0) is 36.8 Å². The highest BCUT2D eigenvalue weighted by Crippen LogP contribution is 2.30. The van der Waals surface area contributed by atoms with Gasteiger partial charge in [0.15, 0.2) is 11.5 Å². The zero-order valence-electron chi connectivity index (χ0n) is 13.3. The SMILES string of the molecule is C/C(=N\NC(=O)[C@H]1COc2ccccc2O1)c1ccc([N+](=O)[O-])cc1. The Bertz CT molecular complexity index is 832. The third kappa shape index (κ3) is 3.74. The Morgan fingerprint density at radius 1 is 1.20 bits per heavy atom. The number of hydrogen-bond acceptors (Lipinski definition) is 6. The Labute approximate surface area is 143 Å². The van der Waals surface area contributed by atoms with Gasteiger partial charge in [-0.1, -0.05) is 12.1 Å². The van der Waals surface area contributed by atoms with Gasteiger partial charge in [0.05, 0.1) is 10.6 Å². The van der Waals surface area contributed by atoms with Crippen molar-refractivity contribution in [2.24, 2.45) is 5.10 Å². The third-order valence-corrected chi connectivity index (χ3v) is 3.63. The summed E-state index contributed by atoms with van der Waals surface area (Å²) in [4.78, 5) is 22.4. The molecule has 0 bridgehead atoms. The lowest BCUT2D eigenvalue weighted by molar-refractivity contribution is -0.384. The average molecular weight is 341 g/mol. The lowest BCUT2D eigenvalue weighted by Gasteiger charge is -2.24. The maximum absolute atomic E-state index is 12.2. The molecular formula is C17H15N3O5. The van der Waals surface area contributed by atoms with Crippen LogP contribution >= 0.6 is 0 Å². The Morgan fingerprint density at radius 2 is 1.88 bits per heavy atom. The van der Waals surface area contributed by atoms with Crippen LogP contribution in [0.5, 0.6) is 11.5 Å². The van der Waals surface area contributed by atoms with Gasteiger partial charge in [-0.3, -0.25) is 14.9 Å². The number of carbonyl (C=O) groups excluding carboxylic acids is 1. The van der Waals surface area contributed by atoms with Crippen molar-refractivity contribution in [2.75, 3.05) is 6.61 Å². The highest BCUT2D eigenvalue weighted by Gasteiger charge is 2.27. The monoisotopic (exact) mass is 341 g/mol. The van der Waals surface area contributed by atoms with Crippen molar-refractivity contribution in [3.63, 3.8) is 0 Å². The van der Waals surface area contributed by atoms with E-state index in [2.05, 4.69) is 10.5 Å². The summed E-state index contributed by atoms with van der Waals surface area (Å²) in [5, 5.41) is 14.7. The smallest absolute Gasteiger partial charge is 0.284 e. The number of amides is 1. The first kappa shape index (κ1) is 16.4. The van der Waals surface area contributed by atoms with Gasteiger partial charge in [0.25, 0.3) is 11.6 Å². The molecule has 0 saturated carbocycles. The number of carbonyl (C=O) groups is 1. The molecule has 128 valence electrons. The van der Waals surface area contributed by atoms with E-state index in [9.17, 15) is 14.9 Å². The van der Waals surface area contributed by atoms with E-state index >= 15 is 0 Å². The van der Waals surface area contributed by atoms with Crippen LogP contribution in [0.3, 0.4) is 0 Å². The van der Waals surface area contributed by atoms with E-state index in [0.29, 0.717) is 22.8 Å². The average Bonchev–Trinajstić information content (AvgIpc) is 2.65. The predicted octanol–water partition coefficient (Wildman–Crippen LogP) is 2.28. The number of rotatable bonds is 4. The second-order valence-corrected chi connectivity index (χ2v) is 5.34. The molecule has 0 fully saturated rings. The molecule has 0 aromatic heterocycles. The van der Waals surface area contributed by atoms with Crippen LogP contribution in [0.1, 0.15) is 12.5 Å². The van der Waals surface area contributed by atoms with Crippen LogP contribution < -0.4 is 14.9 Å². The van der Waals surface area contributed by atoms with Crippen molar-refractivity contribution in [2.45, 2.75) is 13.0 Å². The molecule has 1 aliphatic heterocycles. The van der Waals surface area contributed by atoms with Gasteiger partial charge >= 0.3 is 0 Å². The van der Waals surface area contributed by atoms with Gasteiger partial charge in [-0.2, -0.15) is 5.10 Å². The first-order chi connectivity index (χ1) is 12.0. The zero-order chi connectivity index (χ0) is 17.8. The number of para-hydroxylation sites is 2. The van der Waals surface area contributed by atoms with Crippen molar-refractivity contribution in [1.29, 1.82) is 0 Å². The van der Waals surface area contributed by atoms with Gasteiger partial charge in [-0.15, -0.1) is 0 Å². The molecule has 8 nitrogen and oxygen atoms in total. The van der Waals surface area contributed by atoms with Gasteiger partial charge in [0.1, 0.15) is 6.61 Å². The van der Waals surface area contributed by atoms with Gasteiger partial charge in [-0.25, -0.2) is 5.43 Å². The summed E-state index contributed by atoms with van der Waals surface area (Å²) in [5.41, 5.74) is 3.60. The summed E-state index contributed by atoms with van der Waals surface area (Å²) in [5.74, 6) is 0.665. The van der Waals surface area contributed by atoms with E-state index in [0.717, 1.165) is 0 Å². The topological polar surface area (TPSA) is 103 Å². The van der Waals surface area contributed by atoms with Crippen LogP contribution in [0, 0.1) is 10.1 Å². The van der Waals surface area contributed by atoms with Crippen LogP contribution in [0.15, 0.2) is 53.6 Å². The quantitative estimate of drug-likeness (QED) is 0.522. The van der Waals surface area contributed by atoms with E-state index < -0.39 is 16.9 Å². The Balaban J connectivity index is 1.63. The molecule has 0 unspecified atom stereocenters. The molecule has 1 aliphatic rings. The van der Waals surface area contributed by atoms with Crippen LogP contribution in [0.25, 0.3) is 0 Å². The van der Waals surface area contributed by atoms with Gasteiger partial charge in [0, 0.05) is 12.1 Å². The minimum Gasteiger partial charge on any atom is -0.485 e. The highest BCUT2D eigenvalue weighted by molar-refractivity contribution is 5.99. The predicted molar refractivity (Wildman–Crippen MR) is 89.8 cm³/mol. The molecule has 0 radical (unpaired) electrons. The molecule has 1 heterocycles. The summed E-state index contributed by atoms with van der Waals surface area (Å²) in [6.07, 6.45) is -0.802. The summed E-state index contributed by atoms with van der Waals surface area (Å²) >= 11 is 0. The minimum absolute atomic E-state index is 0.00740. The first-order valence-corrected chi connectivity index (χ1v) is 7.52. The third-order valence-electron chi connectivity index (χ3n) is 3.63. The zero-order valence-corrected chi connectivity index (χ0v) is 13.3. The highest BCUT2D eigenvalue weighted by atomic mass is 16.6. The van der Waals surface area contributed by atoms with Crippen molar-refractivity contribution in [1.82, 2.24) is 5.43 Å².